The van der Waals surface area contributed by atoms with Crippen molar-refractivity contribution in [2.75, 3.05) is 25.3 Å². The van der Waals surface area contributed by atoms with E-state index in [9.17, 15) is 9.59 Å². The maximum atomic E-state index is 12.7. The lowest BCUT2D eigenvalue weighted by molar-refractivity contribution is -0.113. The number of amides is 2. The molecule has 186 valence electrons. The molecule has 0 spiro atoms. The van der Waals surface area contributed by atoms with E-state index in [1.165, 1.54) is 23.1 Å². The molecular formula is C23H23N7O4S2. The summed E-state index contributed by atoms with van der Waals surface area (Å²) in [5.74, 6) is 1.18. The third-order valence-electron chi connectivity index (χ3n) is 4.87. The molecule has 2 aromatic carbocycles. The number of nitrogens with one attached hydrogen (secondary N) is 2. The summed E-state index contributed by atoms with van der Waals surface area (Å²) in [6, 6.07) is 14.2. The predicted octanol–water partition coefficient (Wildman–Crippen LogP) is 3.11. The zero-order chi connectivity index (χ0) is 25.5. The van der Waals surface area contributed by atoms with Crippen LogP contribution in [-0.2, 0) is 11.3 Å². The zero-order valence-corrected chi connectivity index (χ0v) is 21.4. The number of carbonyl (C=O) groups is 2. The van der Waals surface area contributed by atoms with Crippen molar-refractivity contribution in [2.45, 2.75) is 18.6 Å². The highest BCUT2D eigenvalue weighted by Crippen LogP contribution is 2.29. The number of hydrogen-bond acceptors (Lipinski definition) is 10. The standard InChI is InChI=1S/C23H23N7O4S2/c1-14-26-28-22(36-14)25-20(31)13-35-23-29-27-19(30(23)17-9-4-5-10-18(17)34-3)12-24-21(32)15-7-6-8-16(11-15)33-2/h4-11H,12-13H2,1-3H3,(H,24,32)(H,25,28,31). The summed E-state index contributed by atoms with van der Waals surface area (Å²) in [6.07, 6.45) is 0. The van der Waals surface area contributed by atoms with E-state index in [0.29, 0.717) is 38.9 Å². The molecule has 4 rings (SSSR count). The highest BCUT2D eigenvalue weighted by atomic mass is 32.2. The third-order valence-corrected chi connectivity index (χ3v) is 6.55. The fraction of sp³-hybridized carbons (Fsp3) is 0.217. The molecule has 0 saturated heterocycles. The van der Waals surface area contributed by atoms with Crippen molar-refractivity contribution in [2.24, 2.45) is 0 Å². The normalized spacial score (nSPS) is 10.6. The van der Waals surface area contributed by atoms with Gasteiger partial charge in [0.05, 0.1) is 32.2 Å². The van der Waals surface area contributed by atoms with E-state index >= 15 is 0 Å². The molecule has 0 aliphatic carbocycles. The van der Waals surface area contributed by atoms with Crippen molar-refractivity contribution < 1.29 is 19.1 Å². The first-order valence-electron chi connectivity index (χ1n) is 10.7. The lowest BCUT2D eigenvalue weighted by Gasteiger charge is -2.14. The fourth-order valence-electron chi connectivity index (χ4n) is 3.22. The number of rotatable bonds is 10. The summed E-state index contributed by atoms with van der Waals surface area (Å²) in [6.45, 7) is 1.91. The van der Waals surface area contributed by atoms with Crippen molar-refractivity contribution in [1.29, 1.82) is 0 Å². The van der Waals surface area contributed by atoms with Crippen LogP contribution in [0.3, 0.4) is 0 Å². The maximum absolute atomic E-state index is 12.7. The number of nitrogens with zero attached hydrogens (tertiary/aromatic N) is 5. The van der Waals surface area contributed by atoms with Gasteiger partial charge in [0.1, 0.15) is 16.5 Å². The largest absolute Gasteiger partial charge is 0.497 e. The first kappa shape index (κ1) is 25.1. The van der Waals surface area contributed by atoms with Gasteiger partial charge < -0.3 is 14.8 Å². The average molecular weight is 526 g/mol. The average Bonchev–Trinajstić information content (AvgIpc) is 3.51. The summed E-state index contributed by atoms with van der Waals surface area (Å²) in [5, 5.41) is 23.6. The molecule has 0 atom stereocenters. The van der Waals surface area contributed by atoms with Gasteiger partial charge in [-0.1, -0.05) is 41.3 Å². The van der Waals surface area contributed by atoms with Crippen molar-refractivity contribution in [3.63, 3.8) is 0 Å². The smallest absolute Gasteiger partial charge is 0.251 e. The first-order valence-corrected chi connectivity index (χ1v) is 12.5. The molecule has 0 bridgehead atoms. The molecule has 2 N–H and O–H groups in total. The van der Waals surface area contributed by atoms with Crippen LogP contribution in [0.25, 0.3) is 5.69 Å². The van der Waals surface area contributed by atoms with E-state index in [0.717, 1.165) is 5.01 Å². The molecule has 4 aromatic rings. The Morgan fingerprint density at radius 1 is 1.03 bits per heavy atom. The van der Waals surface area contributed by atoms with Crippen LogP contribution in [-0.4, -0.2) is 56.7 Å². The highest BCUT2D eigenvalue weighted by Gasteiger charge is 2.20. The monoisotopic (exact) mass is 525 g/mol. The number of benzene rings is 2. The Hall–Kier alpha value is -3.97. The first-order chi connectivity index (χ1) is 17.5. The molecule has 0 aliphatic rings. The number of thioether (sulfide) groups is 1. The van der Waals surface area contributed by atoms with Gasteiger partial charge in [-0.2, -0.15) is 0 Å². The molecule has 0 aliphatic heterocycles. The van der Waals surface area contributed by atoms with Crippen LogP contribution in [0, 0.1) is 6.92 Å². The Balaban J connectivity index is 1.54. The number of methoxy groups -OCH3 is 2. The van der Waals surface area contributed by atoms with Gasteiger partial charge in [-0.3, -0.25) is 19.5 Å². The minimum Gasteiger partial charge on any atom is -0.497 e. The molecule has 2 amide bonds. The quantitative estimate of drug-likeness (QED) is 0.300. The number of ether oxygens (including phenoxy) is 2. The van der Waals surface area contributed by atoms with Crippen LogP contribution in [0.15, 0.2) is 53.7 Å². The Morgan fingerprint density at radius 3 is 2.61 bits per heavy atom. The highest BCUT2D eigenvalue weighted by molar-refractivity contribution is 7.99. The van der Waals surface area contributed by atoms with E-state index < -0.39 is 0 Å². The van der Waals surface area contributed by atoms with Crippen LogP contribution in [0.4, 0.5) is 5.13 Å². The lowest BCUT2D eigenvalue weighted by atomic mass is 10.2. The van der Waals surface area contributed by atoms with Gasteiger partial charge in [0.2, 0.25) is 11.0 Å². The molecule has 0 fully saturated rings. The van der Waals surface area contributed by atoms with E-state index in [2.05, 4.69) is 31.0 Å². The fourth-order valence-corrected chi connectivity index (χ4v) is 4.59. The molecule has 36 heavy (non-hydrogen) atoms. The molecule has 13 heteroatoms. The van der Waals surface area contributed by atoms with Gasteiger partial charge in [0.15, 0.2) is 11.0 Å². The second kappa shape index (κ2) is 11.6. The summed E-state index contributed by atoms with van der Waals surface area (Å²) < 4.78 is 12.5. The number of anilines is 1. The van der Waals surface area contributed by atoms with E-state index in [1.807, 2.05) is 31.2 Å². The molecule has 0 saturated carbocycles. The van der Waals surface area contributed by atoms with E-state index in [4.69, 9.17) is 9.47 Å². The van der Waals surface area contributed by atoms with Crippen molar-refractivity contribution >= 4 is 40.0 Å². The zero-order valence-electron chi connectivity index (χ0n) is 19.7. The second-order valence-corrected chi connectivity index (χ2v) is 9.41. The minimum absolute atomic E-state index is 0.0715. The van der Waals surface area contributed by atoms with Gasteiger partial charge in [-0.05, 0) is 37.3 Å². The Kier molecular flexibility index (Phi) is 8.13. The number of hydrogen-bond donors (Lipinski definition) is 2. The Bertz CT molecular complexity index is 1370. The minimum atomic E-state index is -0.288. The molecule has 11 nitrogen and oxygen atoms in total. The van der Waals surface area contributed by atoms with E-state index in [-0.39, 0.29) is 24.1 Å². The third kappa shape index (κ3) is 5.98. The molecule has 2 heterocycles. The molecular weight excluding hydrogens is 502 g/mol. The second-order valence-electron chi connectivity index (χ2n) is 7.28. The molecule has 0 unspecified atom stereocenters. The molecule has 2 aromatic heterocycles. The summed E-state index contributed by atoms with van der Waals surface area (Å²) in [4.78, 5) is 25.2. The van der Waals surface area contributed by atoms with Crippen LogP contribution in [0.1, 0.15) is 21.2 Å². The summed E-state index contributed by atoms with van der Waals surface area (Å²) >= 11 is 2.50. The SMILES string of the molecule is COc1cccc(C(=O)NCc2nnc(SCC(=O)Nc3nnc(C)s3)n2-c2ccccc2OC)c1. The maximum Gasteiger partial charge on any atom is 0.251 e. The Morgan fingerprint density at radius 2 is 1.86 bits per heavy atom. The summed E-state index contributed by atoms with van der Waals surface area (Å²) in [7, 11) is 3.11. The van der Waals surface area contributed by atoms with Gasteiger partial charge in [-0.25, -0.2) is 0 Å². The van der Waals surface area contributed by atoms with Crippen LogP contribution in [0.2, 0.25) is 0 Å². The summed E-state index contributed by atoms with van der Waals surface area (Å²) in [5.41, 5.74) is 1.13. The number of carbonyl (C=O) groups excluding carboxylic acids is 2. The van der Waals surface area contributed by atoms with Gasteiger partial charge in [0.25, 0.3) is 5.91 Å². The Labute approximate surface area is 215 Å². The van der Waals surface area contributed by atoms with Gasteiger partial charge >= 0.3 is 0 Å². The van der Waals surface area contributed by atoms with E-state index in [1.54, 1.807) is 43.1 Å². The van der Waals surface area contributed by atoms with Crippen LogP contribution >= 0.6 is 23.1 Å². The van der Waals surface area contributed by atoms with Crippen molar-refractivity contribution in [3.8, 4) is 17.2 Å². The van der Waals surface area contributed by atoms with Crippen LogP contribution < -0.4 is 20.1 Å². The number of aryl methyl sites for hydroxylation is 1. The number of aromatic nitrogens is 5. The lowest BCUT2D eigenvalue weighted by Crippen LogP contribution is -2.24. The molecule has 0 radical (unpaired) electrons. The predicted molar refractivity (Wildman–Crippen MR) is 136 cm³/mol. The van der Waals surface area contributed by atoms with Gasteiger partial charge in [-0.15, -0.1) is 20.4 Å². The van der Waals surface area contributed by atoms with Crippen LogP contribution in [0.5, 0.6) is 11.5 Å². The number of para-hydroxylation sites is 2. The van der Waals surface area contributed by atoms with Crippen molar-refractivity contribution in [3.05, 3.63) is 64.9 Å². The topological polar surface area (TPSA) is 133 Å². The van der Waals surface area contributed by atoms with Gasteiger partial charge in [0, 0.05) is 5.56 Å². The van der Waals surface area contributed by atoms with Crippen molar-refractivity contribution in [1.82, 2.24) is 30.3 Å².